The molecule has 3 heterocycles. The molecule has 0 aromatic carbocycles. The molecule has 1 unspecified atom stereocenters. The van der Waals surface area contributed by atoms with Crippen LogP contribution in [0.15, 0.2) is 10.4 Å². The van der Waals surface area contributed by atoms with Gasteiger partial charge in [0.2, 0.25) is 0 Å². The predicted octanol–water partition coefficient (Wildman–Crippen LogP) is 2.21. The Labute approximate surface area is 168 Å². The van der Waals surface area contributed by atoms with Crippen LogP contribution in [0.3, 0.4) is 0 Å². The third-order valence-electron chi connectivity index (χ3n) is 5.36. The number of hydrogen-bond acceptors (Lipinski definition) is 5. The van der Waals surface area contributed by atoms with Crippen molar-refractivity contribution in [1.82, 2.24) is 20.1 Å². The van der Waals surface area contributed by atoms with E-state index >= 15 is 0 Å². The normalized spacial score (nSPS) is 22.4. The van der Waals surface area contributed by atoms with Crippen molar-refractivity contribution in [2.24, 2.45) is 10.9 Å². The molecule has 6 nitrogen and oxygen atoms in total. The van der Waals surface area contributed by atoms with E-state index in [0.29, 0.717) is 0 Å². The van der Waals surface area contributed by atoms with E-state index in [4.69, 9.17) is 9.72 Å². The molecule has 2 fully saturated rings. The van der Waals surface area contributed by atoms with Crippen LogP contribution in [-0.2, 0) is 16.6 Å². The molecule has 1 aromatic rings. The number of ether oxygens (including phenoxy) is 1. The van der Waals surface area contributed by atoms with Crippen molar-refractivity contribution in [3.8, 4) is 0 Å². The van der Waals surface area contributed by atoms with Crippen LogP contribution in [0.25, 0.3) is 0 Å². The lowest BCUT2D eigenvalue weighted by Crippen LogP contribution is -2.42. The Hall–Kier alpha value is -1.18. The number of nitrogens with zero attached hydrogens (tertiary/aromatic N) is 4. The molecule has 2 aliphatic rings. The monoisotopic (exact) mass is 393 g/mol. The number of nitrogens with one attached hydrogen (secondary N) is 1. The zero-order chi connectivity index (χ0) is 19.3. The molecular formula is C20H35N5OS. The molecule has 0 amide bonds. The highest BCUT2D eigenvalue weighted by Crippen LogP contribution is 2.24. The maximum absolute atomic E-state index is 5.46. The molecule has 2 aliphatic heterocycles. The number of hydrogen-bond donors (Lipinski definition) is 1. The predicted molar refractivity (Wildman–Crippen MR) is 113 cm³/mol. The second kappa shape index (κ2) is 9.34. The van der Waals surface area contributed by atoms with Gasteiger partial charge in [-0.05, 0) is 12.3 Å². The van der Waals surface area contributed by atoms with Gasteiger partial charge in [-0.1, -0.05) is 20.8 Å². The van der Waals surface area contributed by atoms with Crippen LogP contribution >= 0.6 is 11.3 Å². The van der Waals surface area contributed by atoms with E-state index in [1.54, 1.807) is 11.3 Å². The zero-order valence-corrected chi connectivity index (χ0v) is 18.1. The minimum atomic E-state index is 0.128. The maximum Gasteiger partial charge on any atom is 0.193 e. The van der Waals surface area contributed by atoms with Crippen molar-refractivity contribution in [1.29, 1.82) is 0 Å². The Morgan fingerprint density at radius 2 is 2.11 bits per heavy atom. The summed E-state index contributed by atoms with van der Waals surface area (Å²) in [6, 6.07) is 0. The zero-order valence-electron chi connectivity index (χ0n) is 17.3. The summed E-state index contributed by atoms with van der Waals surface area (Å²) in [7, 11) is 1.89. The van der Waals surface area contributed by atoms with E-state index in [0.717, 1.165) is 64.2 Å². The van der Waals surface area contributed by atoms with Crippen molar-refractivity contribution in [3.63, 3.8) is 0 Å². The number of guanidine groups is 1. The molecule has 3 rings (SSSR count). The quantitative estimate of drug-likeness (QED) is 0.614. The van der Waals surface area contributed by atoms with Gasteiger partial charge in [0.25, 0.3) is 0 Å². The molecule has 1 N–H and O–H groups in total. The van der Waals surface area contributed by atoms with Crippen LogP contribution in [0, 0.1) is 5.92 Å². The van der Waals surface area contributed by atoms with Gasteiger partial charge in [-0.25, -0.2) is 4.98 Å². The highest BCUT2D eigenvalue weighted by atomic mass is 32.1. The van der Waals surface area contributed by atoms with E-state index < -0.39 is 0 Å². The fraction of sp³-hybridized carbons (Fsp3) is 0.800. The summed E-state index contributed by atoms with van der Waals surface area (Å²) in [6.45, 7) is 14.8. The van der Waals surface area contributed by atoms with Gasteiger partial charge in [0.1, 0.15) is 0 Å². The van der Waals surface area contributed by atoms with E-state index in [-0.39, 0.29) is 5.41 Å². The molecule has 7 heteroatoms. The molecule has 0 saturated carbocycles. The Balaban J connectivity index is 1.42. The summed E-state index contributed by atoms with van der Waals surface area (Å²) in [6.07, 6.45) is 2.20. The van der Waals surface area contributed by atoms with Gasteiger partial charge in [0.15, 0.2) is 5.96 Å². The lowest BCUT2D eigenvalue weighted by molar-refractivity contribution is 0.0315. The lowest BCUT2D eigenvalue weighted by atomic mass is 9.93. The highest BCUT2D eigenvalue weighted by Gasteiger charge is 2.27. The minimum absolute atomic E-state index is 0.128. The van der Waals surface area contributed by atoms with E-state index in [9.17, 15) is 0 Å². The largest absolute Gasteiger partial charge is 0.379 e. The molecule has 27 heavy (non-hydrogen) atoms. The van der Waals surface area contributed by atoms with Crippen LogP contribution in [0.1, 0.15) is 37.9 Å². The average molecular weight is 394 g/mol. The fourth-order valence-electron chi connectivity index (χ4n) is 3.71. The Morgan fingerprint density at radius 3 is 2.78 bits per heavy atom. The third kappa shape index (κ3) is 5.90. The lowest BCUT2D eigenvalue weighted by Gasteiger charge is -2.29. The molecule has 0 bridgehead atoms. The van der Waals surface area contributed by atoms with Crippen LogP contribution in [0.4, 0.5) is 0 Å². The highest BCUT2D eigenvalue weighted by molar-refractivity contribution is 7.09. The smallest absolute Gasteiger partial charge is 0.193 e. The van der Waals surface area contributed by atoms with Gasteiger partial charge in [-0.15, -0.1) is 11.3 Å². The fourth-order valence-corrected chi connectivity index (χ4v) is 4.73. The molecular weight excluding hydrogens is 358 g/mol. The number of aromatic nitrogens is 1. The van der Waals surface area contributed by atoms with Gasteiger partial charge >= 0.3 is 0 Å². The number of likely N-dealkylation sites (tertiary alicyclic amines) is 1. The van der Waals surface area contributed by atoms with Crippen molar-refractivity contribution in [2.45, 2.75) is 39.0 Å². The summed E-state index contributed by atoms with van der Waals surface area (Å²) in [4.78, 5) is 14.3. The first-order valence-electron chi connectivity index (χ1n) is 10.2. The minimum Gasteiger partial charge on any atom is -0.379 e. The van der Waals surface area contributed by atoms with Crippen molar-refractivity contribution < 1.29 is 4.74 Å². The summed E-state index contributed by atoms with van der Waals surface area (Å²) >= 11 is 1.77. The second-order valence-corrected chi connectivity index (χ2v) is 9.56. The van der Waals surface area contributed by atoms with Crippen LogP contribution in [0.5, 0.6) is 0 Å². The van der Waals surface area contributed by atoms with Crippen molar-refractivity contribution in [2.75, 3.05) is 59.5 Å². The summed E-state index contributed by atoms with van der Waals surface area (Å²) in [5, 5.41) is 6.94. The van der Waals surface area contributed by atoms with Crippen molar-refractivity contribution in [3.05, 3.63) is 16.1 Å². The molecule has 152 valence electrons. The third-order valence-corrected chi connectivity index (χ3v) is 6.27. The van der Waals surface area contributed by atoms with Crippen LogP contribution in [-0.4, -0.2) is 80.3 Å². The Kier molecular flexibility index (Phi) is 7.11. The number of rotatable bonds is 5. The number of thiazole rings is 1. The number of aliphatic imine (C=N–C) groups is 1. The average Bonchev–Trinajstić information content (AvgIpc) is 3.29. The maximum atomic E-state index is 5.46. The summed E-state index contributed by atoms with van der Waals surface area (Å²) in [5.41, 5.74) is 1.32. The molecule has 0 radical (unpaired) electrons. The molecule has 2 saturated heterocycles. The SMILES string of the molecule is CN=C(NCCc1nc(C(C)(C)C)cs1)N1CCC(CN2CCOCC2)C1. The molecule has 1 atom stereocenters. The standard InChI is InChI=1S/C20H35N5OS/c1-20(2,3)17-15-27-18(23-17)5-7-22-19(21-4)25-8-6-16(14-25)13-24-9-11-26-12-10-24/h15-16H,5-14H2,1-4H3,(H,21,22). The first-order chi connectivity index (χ1) is 13.0. The van der Waals surface area contributed by atoms with Crippen LogP contribution in [0.2, 0.25) is 0 Å². The summed E-state index contributed by atoms with van der Waals surface area (Å²) in [5.74, 6) is 1.77. The van der Waals surface area contributed by atoms with Crippen molar-refractivity contribution >= 4 is 17.3 Å². The molecule has 1 aromatic heterocycles. The number of morpholine rings is 1. The van der Waals surface area contributed by atoms with E-state index in [1.165, 1.54) is 23.7 Å². The Bertz CT molecular complexity index is 618. The topological polar surface area (TPSA) is 53.0 Å². The van der Waals surface area contributed by atoms with E-state index in [2.05, 4.69) is 46.3 Å². The van der Waals surface area contributed by atoms with Gasteiger partial charge in [0, 0.05) is 63.5 Å². The first kappa shape index (κ1) is 20.6. The van der Waals surface area contributed by atoms with Crippen LogP contribution < -0.4 is 5.32 Å². The molecule has 0 spiro atoms. The summed E-state index contributed by atoms with van der Waals surface area (Å²) < 4.78 is 5.46. The van der Waals surface area contributed by atoms with Gasteiger partial charge in [-0.2, -0.15) is 0 Å². The molecule has 0 aliphatic carbocycles. The van der Waals surface area contributed by atoms with Gasteiger partial charge < -0.3 is 15.0 Å². The Morgan fingerprint density at radius 1 is 1.33 bits per heavy atom. The first-order valence-corrected chi connectivity index (χ1v) is 11.0. The second-order valence-electron chi connectivity index (χ2n) is 8.61. The van der Waals surface area contributed by atoms with Gasteiger partial charge in [-0.3, -0.25) is 9.89 Å². The van der Waals surface area contributed by atoms with E-state index in [1.807, 2.05) is 7.05 Å². The van der Waals surface area contributed by atoms with Gasteiger partial charge in [0.05, 0.1) is 23.9 Å².